The van der Waals surface area contributed by atoms with E-state index in [4.69, 9.17) is 16.3 Å². The van der Waals surface area contributed by atoms with Crippen molar-refractivity contribution in [1.82, 2.24) is 14.8 Å². The van der Waals surface area contributed by atoms with Crippen LogP contribution in [0.1, 0.15) is 59.5 Å². The number of rotatable bonds is 9. The first-order valence-electron chi connectivity index (χ1n) is 11.8. The monoisotopic (exact) mass is 505 g/mol. The van der Waals surface area contributed by atoms with E-state index in [1.165, 1.54) is 18.3 Å². The van der Waals surface area contributed by atoms with Crippen LogP contribution in [0.3, 0.4) is 0 Å². The summed E-state index contributed by atoms with van der Waals surface area (Å²) in [6.45, 7) is 4.58. The largest absolute Gasteiger partial charge is 0.487 e. The number of halogens is 2. The van der Waals surface area contributed by atoms with Gasteiger partial charge in [0, 0.05) is 43.9 Å². The van der Waals surface area contributed by atoms with Crippen molar-refractivity contribution >= 4 is 23.4 Å². The average Bonchev–Trinajstić information content (AvgIpc) is 3.54. The van der Waals surface area contributed by atoms with E-state index in [2.05, 4.69) is 5.32 Å². The van der Waals surface area contributed by atoms with Gasteiger partial charge in [-0.1, -0.05) is 37.1 Å². The van der Waals surface area contributed by atoms with E-state index in [9.17, 15) is 23.9 Å². The minimum Gasteiger partial charge on any atom is -0.487 e. The maximum atomic E-state index is 14.2. The summed E-state index contributed by atoms with van der Waals surface area (Å²) in [6, 6.07) is 4.46. The number of carbonyl (C=O) groups excluding carboxylic acids is 2. The second-order valence-electron chi connectivity index (χ2n) is 9.01. The molecule has 0 unspecified atom stereocenters. The van der Waals surface area contributed by atoms with Crippen LogP contribution in [0, 0.1) is 11.7 Å². The second-order valence-corrected chi connectivity index (χ2v) is 9.42. The number of hydrogen-bond acceptors (Lipinski definition) is 5. The highest BCUT2D eigenvalue weighted by molar-refractivity contribution is 6.30. The summed E-state index contributed by atoms with van der Waals surface area (Å²) in [7, 11) is 0. The van der Waals surface area contributed by atoms with Gasteiger partial charge in [0.25, 0.3) is 11.8 Å². The Bertz CT molecular complexity index is 1220. The maximum absolute atomic E-state index is 14.2. The Morgan fingerprint density at radius 1 is 1.34 bits per heavy atom. The fourth-order valence-electron chi connectivity index (χ4n) is 4.85. The van der Waals surface area contributed by atoms with Crippen molar-refractivity contribution in [2.24, 2.45) is 5.92 Å². The third-order valence-corrected chi connectivity index (χ3v) is 7.16. The maximum Gasteiger partial charge on any atom is 0.275 e. The summed E-state index contributed by atoms with van der Waals surface area (Å²) in [5.41, 5.74) is -1.15. The molecule has 2 amide bonds. The Morgan fingerprint density at radius 2 is 2.11 bits per heavy atom. The summed E-state index contributed by atoms with van der Waals surface area (Å²) < 4.78 is 21.6. The third kappa shape index (κ3) is 4.43. The molecule has 188 valence electrons. The SMILES string of the molecule is CCCCOc1c2n(cc(C(=O)NCc3cccc(Cl)c3F)c1=O)C[C@@]1(C[C@@H]1CO)N(CC)C2=O. The summed E-state index contributed by atoms with van der Waals surface area (Å²) in [5, 5.41) is 12.3. The first kappa shape index (κ1) is 25.2. The van der Waals surface area contributed by atoms with Gasteiger partial charge < -0.3 is 24.6 Å². The Labute approximate surface area is 207 Å². The number of aliphatic hydroxyl groups excluding tert-OH is 1. The van der Waals surface area contributed by atoms with Gasteiger partial charge >= 0.3 is 0 Å². The highest BCUT2D eigenvalue weighted by atomic mass is 35.5. The molecule has 35 heavy (non-hydrogen) atoms. The topological polar surface area (TPSA) is 101 Å². The minimum absolute atomic E-state index is 0.0578. The number of pyridine rings is 1. The molecule has 2 aliphatic rings. The van der Waals surface area contributed by atoms with Gasteiger partial charge in [-0.25, -0.2) is 4.39 Å². The molecule has 2 N–H and O–H groups in total. The number of likely N-dealkylation sites (N-methyl/N-ethyl adjacent to an activating group) is 1. The van der Waals surface area contributed by atoms with Crippen LogP contribution in [0.5, 0.6) is 5.75 Å². The van der Waals surface area contributed by atoms with Crippen molar-refractivity contribution in [2.45, 2.75) is 51.7 Å². The van der Waals surface area contributed by atoms with E-state index in [0.29, 0.717) is 25.9 Å². The number of nitrogens with zero attached hydrogens (tertiary/aromatic N) is 2. The molecule has 1 fully saturated rings. The Morgan fingerprint density at radius 3 is 2.77 bits per heavy atom. The molecule has 2 heterocycles. The zero-order valence-electron chi connectivity index (χ0n) is 19.8. The lowest BCUT2D eigenvalue weighted by atomic mass is 10.0. The van der Waals surface area contributed by atoms with Gasteiger partial charge in [0.15, 0.2) is 11.4 Å². The summed E-state index contributed by atoms with van der Waals surface area (Å²) in [5.74, 6) is -1.94. The second kappa shape index (κ2) is 9.99. The number of aromatic nitrogens is 1. The quantitative estimate of drug-likeness (QED) is 0.510. The highest BCUT2D eigenvalue weighted by Crippen LogP contribution is 2.52. The molecule has 2 aromatic rings. The van der Waals surface area contributed by atoms with Gasteiger partial charge in [-0.3, -0.25) is 14.4 Å². The molecular formula is C25H29ClFN3O5. The lowest BCUT2D eigenvalue weighted by molar-refractivity contribution is 0.0505. The molecule has 1 saturated carbocycles. The van der Waals surface area contributed by atoms with Gasteiger partial charge in [-0.15, -0.1) is 0 Å². The molecular weight excluding hydrogens is 477 g/mol. The normalized spacial score (nSPS) is 20.7. The lowest BCUT2D eigenvalue weighted by Gasteiger charge is -2.39. The molecule has 1 aliphatic heterocycles. The fraction of sp³-hybridized carbons (Fsp3) is 0.480. The van der Waals surface area contributed by atoms with Gasteiger partial charge in [0.1, 0.15) is 11.4 Å². The minimum atomic E-state index is -0.709. The molecule has 1 aromatic heterocycles. The van der Waals surface area contributed by atoms with E-state index in [0.717, 1.165) is 6.42 Å². The van der Waals surface area contributed by atoms with E-state index in [1.54, 1.807) is 15.5 Å². The number of fused-ring (bicyclic) bond motifs is 1. The highest BCUT2D eigenvalue weighted by Gasteiger charge is 2.61. The Balaban J connectivity index is 1.72. The molecule has 1 spiro atoms. The molecule has 0 saturated heterocycles. The van der Waals surface area contributed by atoms with Gasteiger partial charge in [0.2, 0.25) is 5.43 Å². The number of amides is 2. The van der Waals surface area contributed by atoms with Crippen LogP contribution in [-0.4, -0.2) is 51.7 Å². The third-order valence-electron chi connectivity index (χ3n) is 6.86. The molecule has 1 aromatic carbocycles. The van der Waals surface area contributed by atoms with E-state index < -0.39 is 22.7 Å². The molecule has 1 aliphatic carbocycles. The molecule has 10 heteroatoms. The number of benzene rings is 1. The smallest absolute Gasteiger partial charge is 0.275 e. The number of aliphatic hydroxyl groups is 1. The van der Waals surface area contributed by atoms with Gasteiger partial charge in [-0.05, 0) is 25.8 Å². The van der Waals surface area contributed by atoms with E-state index >= 15 is 0 Å². The zero-order valence-corrected chi connectivity index (χ0v) is 20.5. The van der Waals surface area contributed by atoms with Crippen molar-refractivity contribution in [3.05, 3.63) is 62.3 Å². The summed E-state index contributed by atoms with van der Waals surface area (Å²) >= 11 is 5.81. The van der Waals surface area contributed by atoms with Gasteiger partial charge in [-0.2, -0.15) is 0 Å². The molecule has 8 nitrogen and oxygen atoms in total. The molecule has 0 bridgehead atoms. The standard InChI is InChI=1S/C25H29ClFN3O5/c1-3-5-9-35-22-20-24(34)30(4-2)25(10-16(25)13-31)14-29(20)12-17(21(22)32)23(33)28-11-15-7-6-8-18(26)19(15)27/h6-8,12,16,31H,3-5,9-11,13-14H2,1-2H3,(H,28,33)/t16-,25-/m1/s1. The zero-order chi connectivity index (χ0) is 25.3. The van der Waals surface area contributed by atoms with Crippen LogP contribution in [-0.2, 0) is 13.1 Å². The van der Waals surface area contributed by atoms with Crippen LogP contribution in [0.4, 0.5) is 4.39 Å². The van der Waals surface area contributed by atoms with Crippen molar-refractivity contribution in [2.75, 3.05) is 19.8 Å². The number of carbonyl (C=O) groups is 2. The van der Waals surface area contributed by atoms with Crippen molar-refractivity contribution in [1.29, 1.82) is 0 Å². The predicted octanol–water partition coefficient (Wildman–Crippen LogP) is 2.98. The van der Waals surface area contributed by atoms with Crippen LogP contribution in [0.25, 0.3) is 0 Å². The molecule has 0 radical (unpaired) electrons. The van der Waals surface area contributed by atoms with Crippen LogP contribution < -0.4 is 15.5 Å². The lowest BCUT2D eigenvalue weighted by Crippen LogP contribution is -2.52. The van der Waals surface area contributed by atoms with E-state index in [-0.39, 0.29) is 59.2 Å². The number of nitrogens with one attached hydrogen (secondary N) is 1. The van der Waals surface area contributed by atoms with E-state index in [1.807, 2.05) is 13.8 Å². The van der Waals surface area contributed by atoms with Crippen molar-refractivity contribution in [3.8, 4) is 5.75 Å². The number of ether oxygens (including phenoxy) is 1. The Kier molecular flexibility index (Phi) is 7.19. The average molecular weight is 506 g/mol. The number of hydrogen-bond donors (Lipinski definition) is 2. The number of unbranched alkanes of at least 4 members (excludes halogenated alkanes) is 1. The summed E-state index contributed by atoms with van der Waals surface area (Å²) in [4.78, 5) is 41.5. The Hall–Kier alpha value is -2.91. The van der Waals surface area contributed by atoms with Crippen molar-refractivity contribution in [3.63, 3.8) is 0 Å². The fourth-order valence-corrected chi connectivity index (χ4v) is 5.04. The first-order valence-corrected chi connectivity index (χ1v) is 12.2. The van der Waals surface area contributed by atoms with Crippen LogP contribution >= 0.6 is 11.6 Å². The first-order chi connectivity index (χ1) is 16.8. The van der Waals surface area contributed by atoms with Crippen LogP contribution in [0.15, 0.2) is 29.2 Å². The van der Waals surface area contributed by atoms with Crippen molar-refractivity contribution < 1.29 is 23.8 Å². The predicted molar refractivity (Wildman–Crippen MR) is 128 cm³/mol. The van der Waals surface area contributed by atoms with Crippen LogP contribution in [0.2, 0.25) is 5.02 Å². The van der Waals surface area contributed by atoms with Gasteiger partial charge in [0.05, 0.1) is 17.2 Å². The molecule has 2 atom stereocenters. The molecule has 4 rings (SSSR count). The summed E-state index contributed by atoms with van der Waals surface area (Å²) in [6.07, 6.45) is 3.50.